The number of nitrogens with one attached hydrogen (secondary N) is 2. The number of amides is 2. The summed E-state index contributed by atoms with van der Waals surface area (Å²) in [6, 6.07) is -0.329. The Morgan fingerprint density at radius 2 is 1.95 bits per heavy atom. The zero-order valence-electron chi connectivity index (χ0n) is 13.3. The average molecular weight is 316 g/mol. The maximum atomic E-state index is 12.1. The molecule has 21 heavy (non-hydrogen) atoms. The highest BCUT2D eigenvalue weighted by Crippen LogP contribution is 2.34. The predicted molar refractivity (Wildman–Crippen MR) is 86.7 cm³/mol. The van der Waals surface area contributed by atoms with Crippen molar-refractivity contribution >= 4 is 23.8 Å². The van der Waals surface area contributed by atoms with Gasteiger partial charge >= 0.3 is 12.0 Å². The van der Waals surface area contributed by atoms with Crippen molar-refractivity contribution in [2.24, 2.45) is 5.92 Å². The summed E-state index contributed by atoms with van der Waals surface area (Å²) in [5, 5.41) is 15.1. The summed E-state index contributed by atoms with van der Waals surface area (Å²) < 4.78 is 0. The van der Waals surface area contributed by atoms with Gasteiger partial charge in [-0.25, -0.2) is 9.59 Å². The summed E-state index contributed by atoms with van der Waals surface area (Å²) in [6.45, 7) is 6.14. The minimum absolute atomic E-state index is 0.0350. The number of carboxylic acids is 1. The molecule has 3 N–H and O–H groups in total. The van der Waals surface area contributed by atoms with Crippen molar-refractivity contribution in [1.82, 2.24) is 10.6 Å². The zero-order valence-corrected chi connectivity index (χ0v) is 14.1. The van der Waals surface area contributed by atoms with Crippen LogP contribution in [0.4, 0.5) is 4.79 Å². The number of carbonyl (C=O) groups is 2. The molecular formula is C15H28N2O3S. The normalized spacial score (nSPS) is 26.9. The van der Waals surface area contributed by atoms with Gasteiger partial charge in [-0.15, -0.1) is 0 Å². The average Bonchev–Trinajstić information content (AvgIpc) is 2.45. The molecule has 1 rings (SSSR count). The van der Waals surface area contributed by atoms with E-state index in [-0.39, 0.29) is 12.1 Å². The van der Waals surface area contributed by atoms with Gasteiger partial charge in [0, 0.05) is 11.8 Å². The molecule has 1 unspecified atom stereocenters. The van der Waals surface area contributed by atoms with Crippen LogP contribution in [0.15, 0.2) is 0 Å². The predicted octanol–water partition coefficient (Wildman–Crippen LogP) is 2.85. The fourth-order valence-electron chi connectivity index (χ4n) is 2.78. The van der Waals surface area contributed by atoms with E-state index in [2.05, 4.69) is 24.5 Å². The lowest BCUT2D eigenvalue weighted by molar-refractivity contribution is -0.146. The summed E-state index contributed by atoms with van der Waals surface area (Å²) >= 11 is 1.75. The van der Waals surface area contributed by atoms with E-state index < -0.39 is 11.5 Å². The summed E-state index contributed by atoms with van der Waals surface area (Å²) in [5.41, 5.74) is -1.09. The van der Waals surface area contributed by atoms with E-state index in [0.29, 0.717) is 18.8 Å². The molecule has 0 bridgehead atoms. The van der Waals surface area contributed by atoms with E-state index in [4.69, 9.17) is 0 Å². The van der Waals surface area contributed by atoms with Gasteiger partial charge in [-0.3, -0.25) is 0 Å². The number of carboxylic acid groups (broad SMARTS) is 1. The van der Waals surface area contributed by atoms with Crippen molar-refractivity contribution in [3.8, 4) is 0 Å². The lowest BCUT2D eigenvalue weighted by atomic mass is 9.75. The van der Waals surface area contributed by atoms with Gasteiger partial charge in [0.2, 0.25) is 0 Å². The van der Waals surface area contributed by atoms with Gasteiger partial charge in [0.25, 0.3) is 0 Å². The second-order valence-electron chi connectivity index (χ2n) is 5.90. The first-order valence-electron chi connectivity index (χ1n) is 7.83. The SMILES string of the molecule is CCSCC(C)NC(=O)NC1(C(=O)O)CCC(CC)CC1. The van der Waals surface area contributed by atoms with Gasteiger partial charge in [0.15, 0.2) is 0 Å². The van der Waals surface area contributed by atoms with Crippen LogP contribution in [0.25, 0.3) is 0 Å². The monoisotopic (exact) mass is 316 g/mol. The zero-order chi connectivity index (χ0) is 15.9. The van der Waals surface area contributed by atoms with E-state index >= 15 is 0 Å². The number of aliphatic carboxylic acids is 1. The molecule has 1 atom stereocenters. The topological polar surface area (TPSA) is 78.4 Å². The molecule has 5 nitrogen and oxygen atoms in total. The van der Waals surface area contributed by atoms with Crippen LogP contribution in [0, 0.1) is 5.92 Å². The maximum Gasteiger partial charge on any atom is 0.329 e. The second-order valence-corrected chi connectivity index (χ2v) is 7.22. The van der Waals surface area contributed by atoms with Crippen LogP contribution in [0.1, 0.15) is 52.9 Å². The van der Waals surface area contributed by atoms with Crippen molar-refractivity contribution in [3.05, 3.63) is 0 Å². The quantitative estimate of drug-likeness (QED) is 0.675. The highest BCUT2D eigenvalue weighted by Gasteiger charge is 2.43. The first kappa shape index (κ1) is 18.1. The first-order chi connectivity index (χ1) is 9.93. The van der Waals surface area contributed by atoms with E-state index in [1.165, 1.54) is 0 Å². The number of thioether (sulfide) groups is 1. The molecule has 1 aliphatic rings. The fraction of sp³-hybridized carbons (Fsp3) is 0.867. The molecule has 0 aliphatic heterocycles. The van der Waals surface area contributed by atoms with Crippen LogP contribution in [0.3, 0.4) is 0 Å². The molecule has 1 aliphatic carbocycles. The molecule has 1 fully saturated rings. The van der Waals surface area contributed by atoms with Gasteiger partial charge in [-0.05, 0) is 44.3 Å². The largest absolute Gasteiger partial charge is 0.480 e. The number of urea groups is 1. The Morgan fingerprint density at radius 3 is 2.43 bits per heavy atom. The summed E-state index contributed by atoms with van der Waals surface area (Å²) in [5.74, 6) is 1.51. The summed E-state index contributed by atoms with van der Waals surface area (Å²) in [7, 11) is 0. The van der Waals surface area contributed by atoms with Crippen LogP contribution in [0.5, 0.6) is 0 Å². The maximum absolute atomic E-state index is 12.1. The molecule has 0 saturated heterocycles. The second kappa shape index (κ2) is 8.51. The smallest absolute Gasteiger partial charge is 0.329 e. The van der Waals surface area contributed by atoms with Gasteiger partial charge in [0.05, 0.1) is 0 Å². The van der Waals surface area contributed by atoms with E-state index in [1.807, 2.05) is 6.92 Å². The lowest BCUT2D eigenvalue weighted by Crippen LogP contribution is -2.59. The van der Waals surface area contributed by atoms with E-state index in [0.717, 1.165) is 30.8 Å². The highest BCUT2D eigenvalue weighted by atomic mass is 32.2. The standard InChI is InChI=1S/C15H28N2O3S/c1-4-12-6-8-15(9-7-12,13(18)19)17-14(20)16-11(3)10-21-5-2/h11-12H,4-10H2,1-3H3,(H,18,19)(H2,16,17,20). The van der Waals surface area contributed by atoms with Crippen LogP contribution in [0.2, 0.25) is 0 Å². The minimum atomic E-state index is -1.09. The van der Waals surface area contributed by atoms with Crippen molar-refractivity contribution in [3.63, 3.8) is 0 Å². The van der Waals surface area contributed by atoms with Crippen LogP contribution in [-0.4, -0.2) is 40.2 Å². The van der Waals surface area contributed by atoms with Gasteiger partial charge in [0.1, 0.15) is 5.54 Å². The van der Waals surface area contributed by atoms with Crippen molar-refractivity contribution in [1.29, 1.82) is 0 Å². The summed E-state index contributed by atoms with van der Waals surface area (Å²) in [4.78, 5) is 23.7. The minimum Gasteiger partial charge on any atom is -0.480 e. The van der Waals surface area contributed by atoms with E-state index in [9.17, 15) is 14.7 Å². The Balaban J connectivity index is 2.55. The molecule has 2 amide bonds. The van der Waals surface area contributed by atoms with Crippen molar-refractivity contribution in [2.45, 2.75) is 64.5 Å². The molecule has 0 aromatic rings. The Hall–Kier alpha value is -0.910. The molecule has 0 heterocycles. The van der Waals surface area contributed by atoms with Crippen LogP contribution < -0.4 is 10.6 Å². The number of carbonyl (C=O) groups excluding carboxylic acids is 1. The summed E-state index contributed by atoms with van der Waals surface area (Å²) in [6.07, 6.45) is 3.85. The molecule has 0 spiro atoms. The Morgan fingerprint density at radius 1 is 1.33 bits per heavy atom. The number of hydrogen-bond acceptors (Lipinski definition) is 3. The molecular weight excluding hydrogens is 288 g/mol. The molecule has 0 aromatic carbocycles. The van der Waals surface area contributed by atoms with Gasteiger partial charge in [-0.1, -0.05) is 20.3 Å². The highest BCUT2D eigenvalue weighted by molar-refractivity contribution is 7.99. The molecule has 6 heteroatoms. The third-order valence-electron chi connectivity index (χ3n) is 4.25. The Labute approximate surface area is 131 Å². The lowest BCUT2D eigenvalue weighted by Gasteiger charge is -2.37. The fourth-order valence-corrected chi connectivity index (χ4v) is 3.46. The van der Waals surface area contributed by atoms with Crippen LogP contribution in [-0.2, 0) is 4.79 Å². The molecule has 122 valence electrons. The third kappa shape index (κ3) is 5.41. The molecule has 0 radical (unpaired) electrons. The first-order valence-corrected chi connectivity index (χ1v) is 8.98. The molecule has 1 saturated carbocycles. The number of hydrogen-bond donors (Lipinski definition) is 3. The van der Waals surface area contributed by atoms with Gasteiger partial charge in [-0.2, -0.15) is 11.8 Å². The van der Waals surface area contributed by atoms with Crippen molar-refractivity contribution in [2.75, 3.05) is 11.5 Å². The van der Waals surface area contributed by atoms with Gasteiger partial charge < -0.3 is 15.7 Å². The third-order valence-corrected chi connectivity index (χ3v) is 5.39. The molecule has 0 aromatic heterocycles. The van der Waals surface area contributed by atoms with Crippen LogP contribution >= 0.6 is 11.8 Å². The Bertz CT molecular complexity index is 355. The number of rotatable bonds is 7. The van der Waals surface area contributed by atoms with Crippen molar-refractivity contribution < 1.29 is 14.7 Å². The Kier molecular flexibility index (Phi) is 7.35. The van der Waals surface area contributed by atoms with E-state index in [1.54, 1.807) is 11.8 Å².